The van der Waals surface area contributed by atoms with Crippen LogP contribution < -0.4 is 0 Å². The van der Waals surface area contributed by atoms with Crippen LogP contribution in [0.15, 0.2) is 59.8 Å². The van der Waals surface area contributed by atoms with E-state index in [1.54, 1.807) is 23.6 Å². The molecule has 0 aliphatic carbocycles. The smallest absolute Gasteiger partial charge is 0.311 e. The van der Waals surface area contributed by atoms with Crippen molar-refractivity contribution >= 4 is 29.3 Å². The fourth-order valence-corrected chi connectivity index (χ4v) is 4.39. The standard InChI is InChI=1S/C21H21N3O3S/c1-21(20(26)27)9-11-24(14-21)19(25)16-6-2-3-7-17(16)28-13-15-12-23-10-5-4-8-18(23)22-15/h2-8,10,12H,9,11,13-14H2,1H3,(H,26,27). The number of pyridine rings is 1. The van der Waals surface area contributed by atoms with Gasteiger partial charge in [0.1, 0.15) is 5.65 Å². The van der Waals surface area contributed by atoms with Gasteiger partial charge in [0.25, 0.3) is 5.91 Å². The summed E-state index contributed by atoms with van der Waals surface area (Å²) in [6.45, 7) is 2.41. The number of benzene rings is 1. The van der Waals surface area contributed by atoms with Crippen molar-refractivity contribution in [1.82, 2.24) is 14.3 Å². The van der Waals surface area contributed by atoms with Crippen LogP contribution in [0, 0.1) is 5.41 Å². The summed E-state index contributed by atoms with van der Waals surface area (Å²) in [6.07, 6.45) is 4.43. The number of nitrogens with zero attached hydrogens (tertiary/aromatic N) is 3. The Balaban J connectivity index is 1.50. The number of amides is 1. The second-order valence-electron chi connectivity index (χ2n) is 7.33. The van der Waals surface area contributed by atoms with Crippen LogP contribution in [0.25, 0.3) is 5.65 Å². The quantitative estimate of drug-likeness (QED) is 0.669. The van der Waals surface area contributed by atoms with Gasteiger partial charge in [0.2, 0.25) is 0 Å². The number of thioether (sulfide) groups is 1. The lowest BCUT2D eigenvalue weighted by Gasteiger charge is -2.21. The van der Waals surface area contributed by atoms with Crippen LogP contribution in [0.3, 0.4) is 0 Å². The molecule has 1 N–H and O–H groups in total. The number of carboxylic acid groups (broad SMARTS) is 1. The van der Waals surface area contributed by atoms with E-state index in [2.05, 4.69) is 4.98 Å². The van der Waals surface area contributed by atoms with Crippen LogP contribution in [-0.2, 0) is 10.5 Å². The molecule has 1 aromatic carbocycles. The van der Waals surface area contributed by atoms with E-state index in [0.29, 0.717) is 24.3 Å². The molecule has 0 radical (unpaired) electrons. The lowest BCUT2D eigenvalue weighted by atomic mass is 9.90. The van der Waals surface area contributed by atoms with E-state index in [9.17, 15) is 14.7 Å². The molecular formula is C21H21N3O3S. The molecule has 4 rings (SSSR count). The first-order valence-electron chi connectivity index (χ1n) is 9.13. The van der Waals surface area contributed by atoms with Crippen LogP contribution in [-0.4, -0.2) is 44.4 Å². The summed E-state index contributed by atoms with van der Waals surface area (Å²) in [5.74, 6) is -0.306. The maximum Gasteiger partial charge on any atom is 0.311 e. The number of aromatic nitrogens is 2. The number of carbonyl (C=O) groups excluding carboxylic acids is 1. The van der Waals surface area contributed by atoms with E-state index in [1.807, 2.05) is 59.3 Å². The topological polar surface area (TPSA) is 74.9 Å². The van der Waals surface area contributed by atoms with Gasteiger partial charge in [-0.3, -0.25) is 9.59 Å². The SMILES string of the molecule is CC1(C(=O)O)CCN(C(=O)c2ccccc2SCc2cn3ccccc3n2)C1. The van der Waals surface area contributed by atoms with E-state index in [0.717, 1.165) is 16.2 Å². The molecule has 1 fully saturated rings. The van der Waals surface area contributed by atoms with Crippen molar-refractivity contribution in [2.45, 2.75) is 24.0 Å². The molecule has 1 unspecified atom stereocenters. The summed E-state index contributed by atoms with van der Waals surface area (Å²) >= 11 is 1.57. The molecule has 1 aliphatic heterocycles. The third kappa shape index (κ3) is 3.49. The van der Waals surface area contributed by atoms with Crippen LogP contribution in [0.1, 0.15) is 29.4 Å². The van der Waals surface area contributed by atoms with Crippen molar-refractivity contribution in [3.05, 3.63) is 66.1 Å². The normalized spacial score (nSPS) is 19.2. The molecule has 0 saturated carbocycles. The Morgan fingerprint density at radius 1 is 1.21 bits per heavy atom. The molecule has 2 aromatic heterocycles. The maximum atomic E-state index is 13.0. The van der Waals surface area contributed by atoms with Crippen LogP contribution in [0.4, 0.5) is 0 Å². The third-order valence-electron chi connectivity index (χ3n) is 5.18. The molecule has 1 aliphatic rings. The molecule has 0 bridgehead atoms. The van der Waals surface area contributed by atoms with E-state index in [1.165, 1.54) is 0 Å². The lowest BCUT2D eigenvalue weighted by Crippen LogP contribution is -2.35. The first-order valence-corrected chi connectivity index (χ1v) is 10.1. The number of carboxylic acids is 1. The number of carbonyl (C=O) groups is 2. The minimum atomic E-state index is -0.867. The zero-order chi connectivity index (χ0) is 19.7. The van der Waals surface area contributed by atoms with E-state index < -0.39 is 11.4 Å². The molecule has 1 saturated heterocycles. The average molecular weight is 395 g/mol. The van der Waals surface area contributed by atoms with Crippen LogP contribution in [0.5, 0.6) is 0 Å². The Bertz CT molecular complexity index is 1020. The fourth-order valence-electron chi connectivity index (χ4n) is 3.46. The zero-order valence-electron chi connectivity index (χ0n) is 15.5. The molecule has 6 nitrogen and oxygen atoms in total. The van der Waals surface area contributed by atoms with E-state index in [4.69, 9.17) is 0 Å². The highest BCUT2D eigenvalue weighted by Crippen LogP contribution is 2.33. The minimum Gasteiger partial charge on any atom is -0.481 e. The Labute approximate surface area is 167 Å². The van der Waals surface area contributed by atoms with Gasteiger partial charge in [-0.2, -0.15) is 0 Å². The molecular weight excluding hydrogens is 374 g/mol. The molecule has 3 aromatic rings. The maximum absolute atomic E-state index is 13.0. The van der Waals surface area contributed by atoms with E-state index in [-0.39, 0.29) is 12.5 Å². The molecule has 144 valence electrons. The van der Waals surface area contributed by atoms with Crippen molar-refractivity contribution in [2.75, 3.05) is 13.1 Å². The summed E-state index contributed by atoms with van der Waals surface area (Å²) in [6, 6.07) is 13.4. The Kier molecular flexibility index (Phi) is 4.85. The average Bonchev–Trinajstić information content (AvgIpc) is 3.30. The van der Waals surface area contributed by atoms with Gasteiger partial charge in [0.15, 0.2) is 0 Å². The van der Waals surface area contributed by atoms with Crippen molar-refractivity contribution < 1.29 is 14.7 Å². The van der Waals surface area contributed by atoms with Crippen molar-refractivity contribution in [1.29, 1.82) is 0 Å². The highest BCUT2D eigenvalue weighted by atomic mass is 32.2. The number of aliphatic carboxylic acids is 1. The molecule has 0 spiro atoms. The van der Waals surface area contributed by atoms with Crippen molar-refractivity contribution in [2.24, 2.45) is 5.41 Å². The second kappa shape index (κ2) is 7.31. The summed E-state index contributed by atoms with van der Waals surface area (Å²) in [5, 5.41) is 9.42. The second-order valence-corrected chi connectivity index (χ2v) is 8.34. The number of fused-ring (bicyclic) bond motifs is 1. The number of likely N-dealkylation sites (tertiary alicyclic amines) is 1. The highest BCUT2D eigenvalue weighted by Gasteiger charge is 2.42. The van der Waals surface area contributed by atoms with Gasteiger partial charge < -0.3 is 14.4 Å². The van der Waals surface area contributed by atoms with Gasteiger partial charge in [-0.25, -0.2) is 4.98 Å². The molecule has 7 heteroatoms. The molecule has 1 amide bonds. The van der Waals surface area contributed by atoms with Crippen molar-refractivity contribution in [3.63, 3.8) is 0 Å². The van der Waals surface area contributed by atoms with Crippen LogP contribution >= 0.6 is 11.8 Å². The first-order chi connectivity index (χ1) is 13.5. The predicted octanol–water partition coefficient (Wildman–Crippen LogP) is 3.56. The van der Waals surface area contributed by atoms with Gasteiger partial charge >= 0.3 is 5.97 Å². The number of rotatable bonds is 5. The summed E-state index contributed by atoms with van der Waals surface area (Å²) in [7, 11) is 0. The predicted molar refractivity (Wildman–Crippen MR) is 107 cm³/mol. The minimum absolute atomic E-state index is 0.108. The summed E-state index contributed by atoms with van der Waals surface area (Å²) in [4.78, 5) is 31.6. The first kappa shape index (κ1) is 18.6. The van der Waals surface area contributed by atoms with Gasteiger partial charge in [0.05, 0.1) is 16.7 Å². The van der Waals surface area contributed by atoms with E-state index >= 15 is 0 Å². The van der Waals surface area contributed by atoms with Crippen molar-refractivity contribution in [3.8, 4) is 0 Å². The lowest BCUT2D eigenvalue weighted by molar-refractivity contribution is -0.147. The molecule has 28 heavy (non-hydrogen) atoms. The third-order valence-corrected chi connectivity index (χ3v) is 6.29. The molecule has 1 atom stereocenters. The van der Waals surface area contributed by atoms with Gasteiger partial charge in [-0.1, -0.05) is 18.2 Å². The number of hydrogen-bond acceptors (Lipinski definition) is 4. The number of imidazole rings is 1. The highest BCUT2D eigenvalue weighted by molar-refractivity contribution is 7.98. The Morgan fingerprint density at radius 2 is 2.00 bits per heavy atom. The zero-order valence-corrected chi connectivity index (χ0v) is 16.4. The van der Waals surface area contributed by atoms with Gasteiger partial charge in [-0.05, 0) is 37.6 Å². The molecule has 3 heterocycles. The monoisotopic (exact) mass is 395 g/mol. The Morgan fingerprint density at radius 3 is 2.75 bits per heavy atom. The number of hydrogen-bond donors (Lipinski definition) is 1. The summed E-state index contributed by atoms with van der Waals surface area (Å²) in [5.41, 5.74) is 1.59. The van der Waals surface area contributed by atoms with Crippen LogP contribution in [0.2, 0.25) is 0 Å². The summed E-state index contributed by atoms with van der Waals surface area (Å²) < 4.78 is 1.98. The van der Waals surface area contributed by atoms with Gasteiger partial charge in [0, 0.05) is 36.1 Å². The van der Waals surface area contributed by atoms with Gasteiger partial charge in [-0.15, -0.1) is 11.8 Å². The fraction of sp³-hybridized carbons (Fsp3) is 0.286. The Hall–Kier alpha value is -2.80. The largest absolute Gasteiger partial charge is 0.481 e.